The number of carboxylic acids is 1. The van der Waals surface area contributed by atoms with Crippen LogP contribution in [0.15, 0.2) is 30.9 Å². The zero-order valence-corrected chi connectivity index (χ0v) is 14.0. The lowest BCUT2D eigenvalue weighted by atomic mass is 9.99. The van der Waals surface area contributed by atoms with Gasteiger partial charge < -0.3 is 15.2 Å². The Labute approximate surface area is 141 Å². The van der Waals surface area contributed by atoms with Gasteiger partial charge in [-0.2, -0.15) is 0 Å². The minimum atomic E-state index is -1.19. The normalized spacial score (nSPS) is 11.6. The number of Topliss-reactive ketones (excluding diaryl/α,β-unsaturated/α-hetero) is 1. The van der Waals surface area contributed by atoms with Crippen molar-refractivity contribution in [2.24, 2.45) is 0 Å². The molecule has 0 fully saturated rings. The molecule has 1 atom stereocenters. The molecule has 0 spiro atoms. The maximum atomic E-state index is 12.2. The number of hydrogen-bond donors (Lipinski definition) is 2. The molecule has 6 heteroatoms. The summed E-state index contributed by atoms with van der Waals surface area (Å²) in [5.74, 6) is -1.82. The van der Waals surface area contributed by atoms with E-state index in [0.717, 1.165) is 11.1 Å². The van der Waals surface area contributed by atoms with E-state index in [2.05, 4.69) is 11.9 Å². The first kappa shape index (κ1) is 19.6. The highest BCUT2D eigenvalue weighted by Crippen LogP contribution is 2.13. The van der Waals surface area contributed by atoms with E-state index in [-0.39, 0.29) is 31.8 Å². The summed E-state index contributed by atoms with van der Waals surface area (Å²) in [5.41, 5.74) is 2.41. The van der Waals surface area contributed by atoms with Crippen LogP contribution in [0.5, 0.6) is 0 Å². The second kappa shape index (κ2) is 9.62. The van der Waals surface area contributed by atoms with Gasteiger partial charge in [0, 0.05) is 18.4 Å². The quantitative estimate of drug-likeness (QED) is 0.388. The second-order valence-corrected chi connectivity index (χ2v) is 5.53. The van der Waals surface area contributed by atoms with E-state index >= 15 is 0 Å². The summed E-state index contributed by atoms with van der Waals surface area (Å²) in [6.07, 6.45) is 1.44. The Bertz CT molecular complexity index is 624. The number of amides is 1. The molecule has 0 heterocycles. The number of aliphatic carboxylic acids is 1. The predicted octanol–water partition coefficient (Wildman–Crippen LogP) is 2.04. The molecular weight excluding hydrogens is 310 g/mol. The number of hydrogen-bond acceptors (Lipinski definition) is 4. The van der Waals surface area contributed by atoms with Gasteiger partial charge in [-0.15, -0.1) is 6.58 Å². The molecule has 1 unspecified atom stereocenters. The second-order valence-electron chi connectivity index (χ2n) is 5.53. The number of aryl methyl sites for hydroxylation is 2. The molecule has 0 bridgehead atoms. The fraction of sp³-hybridized carbons (Fsp3) is 0.389. The van der Waals surface area contributed by atoms with Crippen LogP contribution in [0.25, 0.3) is 0 Å². The molecule has 1 aromatic rings. The minimum absolute atomic E-state index is 0.0238. The maximum absolute atomic E-state index is 12.2. The van der Waals surface area contributed by atoms with Gasteiger partial charge in [-0.05, 0) is 25.5 Å². The molecular formula is C18H23NO5. The summed E-state index contributed by atoms with van der Waals surface area (Å²) in [5, 5.41) is 11.4. The molecule has 6 nitrogen and oxygen atoms in total. The van der Waals surface area contributed by atoms with E-state index in [1.165, 1.54) is 6.08 Å². The molecule has 2 N–H and O–H groups in total. The number of ketones is 1. The number of rotatable bonds is 10. The van der Waals surface area contributed by atoms with Gasteiger partial charge >= 0.3 is 5.97 Å². The Hall–Kier alpha value is -2.47. The Balaban J connectivity index is 2.54. The van der Waals surface area contributed by atoms with Gasteiger partial charge in [-0.25, -0.2) is 4.79 Å². The summed E-state index contributed by atoms with van der Waals surface area (Å²) < 4.78 is 5.05. The SMILES string of the molecule is C=CCOCC(NC(=O)CCC(=O)c1cc(C)ccc1C)C(=O)O. The van der Waals surface area contributed by atoms with E-state index in [9.17, 15) is 14.4 Å². The molecule has 24 heavy (non-hydrogen) atoms. The predicted molar refractivity (Wildman–Crippen MR) is 90.1 cm³/mol. The number of benzene rings is 1. The molecule has 0 saturated heterocycles. The molecule has 0 aliphatic carbocycles. The summed E-state index contributed by atoms with van der Waals surface area (Å²) >= 11 is 0. The third kappa shape index (κ3) is 6.34. The van der Waals surface area contributed by atoms with Crippen LogP contribution in [0.4, 0.5) is 0 Å². The van der Waals surface area contributed by atoms with Gasteiger partial charge in [0.15, 0.2) is 11.8 Å². The van der Waals surface area contributed by atoms with Crippen molar-refractivity contribution in [2.45, 2.75) is 32.7 Å². The average molecular weight is 333 g/mol. The molecule has 1 aromatic carbocycles. The van der Waals surface area contributed by atoms with Crippen molar-refractivity contribution in [3.05, 3.63) is 47.5 Å². The van der Waals surface area contributed by atoms with E-state index in [0.29, 0.717) is 5.56 Å². The van der Waals surface area contributed by atoms with Crippen LogP contribution in [0.2, 0.25) is 0 Å². The van der Waals surface area contributed by atoms with E-state index < -0.39 is 17.9 Å². The molecule has 0 radical (unpaired) electrons. The number of carbonyl (C=O) groups is 3. The smallest absolute Gasteiger partial charge is 0.328 e. The van der Waals surface area contributed by atoms with E-state index in [1.807, 2.05) is 26.0 Å². The first-order chi connectivity index (χ1) is 11.3. The highest BCUT2D eigenvalue weighted by atomic mass is 16.5. The van der Waals surface area contributed by atoms with Crippen LogP contribution in [-0.2, 0) is 14.3 Å². The standard InChI is InChI=1S/C18H23NO5/c1-4-9-24-11-15(18(22)23)19-17(21)8-7-16(20)14-10-12(2)5-6-13(14)3/h4-6,10,15H,1,7-9,11H2,2-3H3,(H,19,21)(H,22,23). The molecule has 0 aliphatic heterocycles. The molecule has 1 rings (SSSR count). The Morgan fingerprint density at radius 1 is 1.29 bits per heavy atom. The number of carboxylic acid groups (broad SMARTS) is 1. The van der Waals surface area contributed by atoms with Gasteiger partial charge in [-0.1, -0.05) is 23.8 Å². The number of carbonyl (C=O) groups excluding carboxylic acids is 2. The summed E-state index contributed by atoms with van der Waals surface area (Å²) in [6.45, 7) is 7.23. The molecule has 1 amide bonds. The lowest BCUT2D eigenvalue weighted by molar-refractivity contribution is -0.143. The van der Waals surface area contributed by atoms with Crippen LogP contribution in [-0.4, -0.2) is 42.0 Å². The van der Waals surface area contributed by atoms with Crippen molar-refractivity contribution in [3.8, 4) is 0 Å². The van der Waals surface area contributed by atoms with Crippen LogP contribution in [0, 0.1) is 13.8 Å². The lowest BCUT2D eigenvalue weighted by Crippen LogP contribution is -2.44. The topological polar surface area (TPSA) is 92.7 Å². The Kier molecular flexibility index (Phi) is 7.85. The average Bonchev–Trinajstić information content (AvgIpc) is 2.54. The molecule has 0 aliphatic rings. The zero-order chi connectivity index (χ0) is 18.1. The number of nitrogens with one attached hydrogen (secondary N) is 1. The van der Waals surface area contributed by atoms with Gasteiger partial charge in [0.05, 0.1) is 13.2 Å². The van der Waals surface area contributed by atoms with Crippen molar-refractivity contribution in [3.63, 3.8) is 0 Å². The van der Waals surface area contributed by atoms with Gasteiger partial charge in [0.2, 0.25) is 5.91 Å². The van der Waals surface area contributed by atoms with Crippen LogP contribution in [0.3, 0.4) is 0 Å². The highest BCUT2D eigenvalue weighted by molar-refractivity contribution is 5.99. The van der Waals surface area contributed by atoms with Gasteiger partial charge in [-0.3, -0.25) is 9.59 Å². The largest absolute Gasteiger partial charge is 0.480 e. The first-order valence-corrected chi connectivity index (χ1v) is 7.66. The lowest BCUT2D eigenvalue weighted by Gasteiger charge is -2.14. The summed E-state index contributed by atoms with van der Waals surface area (Å²) in [7, 11) is 0. The van der Waals surface area contributed by atoms with Crippen molar-refractivity contribution in [1.29, 1.82) is 0 Å². The fourth-order valence-electron chi connectivity index (χ4n) is 2.11. The van der Waals surface area contributed by atoms with Gasteiger partial charge in [0.25, 0.3) is 0 Å². The van der Waals surface area contributed by atoms with E-state index in [1.54, 1.807) is 6.07 Å². The maximum Gasteiger partial charge on any atom is 0.328 e. The molecule has 130 valence electrons. The Morgan fingerprint density at radius 2 is 2.00 bits per heavy atom. The molecule has 0 aromatic heterocycles. The van der Waals surface area contributed by atoms with Crippen molar-refractivity contribution >= 4 is 17.7 Å². The summed E-state index contributed by atoms with van der Waals surface area (Å²) in [6, 6.07) is 4.42. The third-order valence-electron chi connectivity index (χ3n) is 3.43. The monoisotopic (exact) mass is 333 g/mol. The van der Waals surface area contributed by atoms with Crippen molar-refractivity contribution in [1.82, 2.24) is 5.32 Å². The van der Waals surface area contributed by atoms with Crippen LogP contribution >= 0.6 is 0 Å². The van der Waals surface area contributed by atoms with Gasteiger partial charge in [0.1, 0.15) is 0 Å². The molecule has 0 saturated carbocycles. The third-order valence-corrected chi connectivity index (χ3v) is 3.43. The first-order valence-electron chi connectivity index (χ1n) is 7.66. The summed E-state index contributed by atoms with van der Waals surface area (Å²) in [4.78, 5) is 35.2. The highest BCUT2D eigenvalue weighted by Gasteiger charge is 2.20. The number of ether oxygens (including phenoxy) is 1. The van der Waals surface area contributed by atoms with Crippen LogP contribution < -0.4 is 5.32 Å². The minimum Gasteiger partial charge on any atom is -0.480 e. The van der Waals surface area contributed by atoms with Crippen LogP contribution in [0.1, 0.15) is 34.3 Å². The van der Waals surface area contributed by atoms with E-state index in [4.69, 9.17) is 9.84 Å². The zero-order valence-electron chi connectivity index (χ0n) is 14.0. The fourth-order valence-corrected chi connectivity index (χ4v) is 2.11. The van der Waals surface area contributed by atoms with Crippen molar-refractivity contribution in [2.75, 3.05) is 13.2 Å². The van der Waals surface area contributed by atoms with Crippen molar-refractivity contribution < 1.29 is 24.2 Å². The Morgan fingerprint density at radius 3 is 2.62 bits per heavy atom.